The van der Waals surface area contributed by atoms with Gasteiger partial charge in [-0.1, -0.05) is 72.3 Å². The number of rotatable bonds is 8. The number of aliphatic hydroxyl groups excluding tert-OH is 1. The maximum Gasteiger partial charge on any atom is 0.270 e. The molecule has 7 heteroatoms. The molecule has 0 aromatic heterocycles. The predicted octanol–water partition coefficient (Wildman–Crippen LogP) is 4.04. The number of hydrogen-bond acceptors (Lipinski definition) is 5. The van der Waals surface area contributed by atoms with Crippen molar-refractivity contribution in [2.75, 3.05) is 27.3 Å². The summed E-state index contributed by atoms with van der Waals surface area (Å²) in [6, 6.07) is 4.63. The third-order valence-electron chi connectivity index (χ3n) is 6.26. The lowest BCUT2D eigenvalue weighted by molar-refractivity contribution is -0.129. The van der Waals surface area contributed by atoms with Gasteiger partial charge in [-0.2, -0.15) is 0 Å². The monoisotopic (exact) mass is 475 g/mol. The van der Waals surface area contributed by atoms with Crippen LogP contribution in [-0.2, 0) is 9.59 Å². The molecule has 192 valence electrons. The van der Waals surface area contributed by atoms with Gasteiger partial charge >= 0.3 is 0 Å². The summed E-state index contributed by atoms with van der Waals surface area (Å²) in [6.07, 6.45) is 8.93. The Kier molecular flexibility index (Phi) is 12.9. The molecule has 2 rings (SSSR count). The average Bonchev–Trinajstić information content (AvgIpc) is 2.82. The molecule has 0 saturated heterocycles. The van der Waals surface area contributed by atoms with Crippen molar-refractivity contribution < 1.29 is 19.4 Å². The third kappa shape index (κ3) is 9.45. The lowest BCUT2D eigenvalue weighted by Crippen LogP contribution is -2.55. The van der Waals surface area contributed by atoms with E-state index in [0.717, 1.165) is 11.5 Å². The number of hydrogen-bond donors (Lipinski definition) is 3. The van der Waals surface area contributed by atoms with Crippen LogP contribution in [0.2, 0.25) is 0 Å². The molecule has 0 radical (unpaired) electrons. The van der Waals surface area contributed by atoms with E-state index in [1.165, 1.54) is 45.6 Å². The number of methoxy groups -OCH3 is 1. The van der Waals surface area contributed by atoms with Crippen molar-refractivity contribution in [1.82, 2.24) is 10.6 Å². The van der Waals surface area contributed by atoms with E-state index in [-0.39, 0.29) is 24.8 Å². The van der Waals surface area contributed by atoms with Crippen LogP contribution >= 0.6 is 0 Å². The molecule has 1 unspecified atom stereocenters. The maximum absolute atomic E-state index is 12.8. The summed E-state index contributed by atoms with van der Waals surface area (Å²) in [5.74, 6) is 0.914. The van der Waals surface area contributed by atoms with Crippen molar-refractivity contribution in [2.45, 2.75) is 79.2 Å². The number of ether oxygens (including phenoxy) is 1. The fourth-order valence-electron chi connectivity index (χ4n) is 4.08. The summed E-state index contributed by atoms with van der Waals surface area (Å²) >= 11 is 0. The second-order valence-corrected chi connectivity index (χ2v) is 9.95. The lowest BCUT2D eigenvalue weighted by atomic mass is 9.85. The first-order valence-electron chi connectivity index (χ1n) is 12.4. The molecule has 1 aliphatic carbocycles. The first-order chi connectivity index (χ1) is 16.1. The number of nitrogens with one attached hydrogen (secondary N) is 2. The minimum absolute atomic E-state index is 0.130. The molecule has 1 aromatic carbocycles. The van der Waals surface area contributed by atoms with Crippen molar-refractivity contribution in [3.05, 3.63) is 29.3 Å². The first-order valence-corrected chi connectivity index (χ1v) is 12.4. The van der Waals surface area contributed by atoms with Crippen molar-refractivity contribution in [1.29, 1.82) is 0 Å². The Morgan fingerprint density at radius 2 is 1.85 bits per heavy atom. The van der Waals surface area contributed by atoms with Crippen LogP contribution in [0.4, 0.5) is 0 Å². The van der Waals surface area contributed by atoms with E-state index in [2.05, 4.69) is 22.5 Å². The van der Waals surface area contributed by atoms with Gasteiger partial charge in [-0.25, -0.2) is 0 Å². The summed E-state index contributed by atoms with van der Waals surface area (Å²) in [5.41, 5.74) is 1.23. The molecular formula is C27H45N3O4. The van der Waals surface area contributed by atoms with Gasteiger partial charge in [-0.15, -0.1) is 0 Å². The second kappa shape index (κ2) is 14.8. The molecule has 1 aromatic rings. The molecule has 7 nitrogen and oxygen atoms in total. The van der Waals surface area contributed by atoms with Crippen LogP contribution in [0.25, 0.3) is 0 Å². The molecule has 1 fully saturated rings. The van der Waals surface area contributed by atoms with Gasteiger partial charge in [0, 0.05) is 19.2 Å². The van der Waals surface area contributed by atoms with E-state index in [0.29, 0.717) is 11.3 Å². The van der Waals surface area contributed by atoms with Crippen LogP contribution in [0.1, 0.15) is 77.3 Å². The van der Waals surface area contributed by atoms with Crippen LogP contribution in [0.3, 0.4) is 0 Å². The van der Waals surface area contributed by atoms with Gasteiger partial charge in [-0.3, -0.25) is 14.6 Å². The molecular weight excluding hydrogens is 430 g/mol. The minimum atomic E-state index is -0.774. The number of amides is 2. The van der Waals surface area contributed by atoms with Gasteiger partial charge in [-0.05, 0) is 36.0 Å². The zero-order valence-corrected chi connectivity index (χ0v) is 22.2. The van der Waals surface area contributed by atoms with Gasteiger partial charge in [0.2, 0.25) is 5.91 Å². The Morgan fingerprint density at radius 3 is 2.32 bits per heavy atom. The smallest absolute Gasteiger partial charge is 0.270 e. The molecule has 2 amide bonds. The largest absolute Gasteiger partial charge is 0.497 e. The van der Waals surface area contributed by atoms with Crippen molar-refractivity contribution >= 4 is 17.5 Å². The number of aliphatic hydroxyl groups is 1. The highest BCUT2D eigenvalue weighted by molar-refractivity contribution is 6.46. The first kappa shape index (κ1) is 29.6. The average molecular weight is 476 g/mol. The van der Waals surface area contributed by atoms with Crippen LogP contribution in [0.15, 0.2) is 23.2 Å². The van der Waals surface area contributed by atoms with Crippen molar-refractivity contribution in [2.24, 2.45) is 16.3 Å². The van der Waals surface area contributed by atoms with Crippen LogP contribution in [-0.4, -0.2) is 56.0 Å². The fourth-order valence-corrected chi connectivity index (χ4v) is 4.08. The highest BCUT2D eigenvalue weighted by Crippen LogP contribution is 2.25. The van der Waals surface area contributed by atoms with Crippen LogP contribution < -0.4 is 15.4 Å². The summed E-state index contributed by atoms with van der Waals surface area (Å²) < 4.78 is 5.23. The van der Waals surface area contributed by atoms with Crippen molar-refractivity contribution in [3.8, 4) is 5.75 Å². The van der Waals surface area contributed by atoms with Gasteiger partial charge < -0.3 is 20.5 Å². The Labute approximate surface area is 205 Å². The van der Waals surface area contributed by atoms with Gasteiger partial charge in [0.25, 0.3) is 5.91 Å². The molecule has 0 aliphatic heterocycles. The molecule has 1 atom stereocenters. The Balaban J connectivity index is 0.000000605. The van der Waals surface area contributed by atoms with E-state index in [9.17, 15) is 9.59 Å². The predicted molar refractivity (Wildman–Crippen MR) is 139 cm³/mol. The molecule has 34 heavy (non-hydrogen) atoms. The highest BCUT2D eigenvalue weighted by Gasteiger charge is 2.33. The Hall–Kier alpha value is -2.41. The zero-order valence-electron chi connectivity index (χ0n) is 22.2. The van der Waals surface area contributed by atoms with E-state index in [4.69, 9.17) is 9.84 Å². The number of aliphatic imine (C=N–C) groups is 1. The maximum atomic E-state index is 12.8. The number of carbonyl (C=O) groups is 2. The van der Waals surface area contributed by atoms with Crippen LogP contribution in [0.5, 0.6) is 5.75 Å². The molecule has 1 aliphatic rings. The quantitative estimate of drug-likeness (QED) is 0.494. The molecule has 0 spiro atoms. The normalized spacial score (nSPS) is 15.6. The van der Waals surface area contributed by atoms with Gasteiger partial charge in [0.1, 0.15) is 17.5 Å². The Bertz CT molecular complexity index is 809. The third-order valence-corrected chi connectivity index (χ3v) is 6.26. The number of carbonyl (C=O) groups excluding carboxylic acids is 2. The molecule has 0 bridgehead atoms. The Morgan fingerprint density at radius 1 is 1.21 bits per heavy atom. The number of aryl methyl sites for hydroxylation is 1. The summed E-state index contributed by atoms with van der Waals surface area (Å²) in [6.45, 7) is 9.73. The highest BCUT2D eigenvalue weighted by atomic mass is 16.5. The van der Waals surface area contributed by atoms with E-state index in [1.54, 1.807) is 13.2 Å². The van der Waals surface area contributed by atoms with E-state index >= 15 is 0 Å². The van der Waals surface area contributed by atoms with Crippen LogP contribution in [0, 0.1) is 18.3 Å². The van der Waals surface area contributed by atoms with E-state index < -0.39 is 17.4 Å². The summed E-state index contributed by atoms with van der Waals surface area (Å²) in [4.78, 5) is 29.4. The van der Waals surface area contributed by atoms with E-state index in [1.807, 2.05) is 39.8 Å². The lowest BCUT2D eigenvalue weighted by Gasteiger charge is -2.30. The SMILES string of the molecule is CCC1CCCCC1.CN=C(C(=O)NC(C(=O)NCCO)C(C)(C)C)c1cc(OC)ccc1C. The standard InChI is InChI=1S/C19H29N3O4.C8H16/c1-12-7-8-13(26-6)11-14(12)15(20-5)17(24)22-16(19(2,3)4)18(25)21-9-10-23;1-2-8-6-4-3-5-7-8/h7-8,11,16,23H,9-10H2,1-6H3,(H,21,25)(H,22,24);8H,2-7H2,1H3. The zero-order chi connectivity index (χ0) is 25.7. The topological polar surface area (TPSA) is 100 Å². The molecule has 0 heterocycles. The second-order valence-electron chi connectivity index (χ2n) is 9.95. The van der Waals surface area contributed by atoms with Gasteiger partial charge in [0.05, 0.1) is 13.7 Å². The minimum Gasteiger partial charge on any atom is -0.497 e. The fraction of sp³-hybridized carbons (Fsp3) is 0.667. The molecule has 3 N–H and O–H groups in total. The van der Waals surface area contributed by atoms with Crippen molar-refractivity contribution in [3.63, 3.8) is 0 Å². The molecule has 1 saturated carbocycles. The number of nitrogens with zero attached hydrogens (tertiary/aromatic N) is 1. The summed E-state index contributed by atoms with van der Waals surface area (Å²) in [7, 11) is 3.09. The number of benzene rings is 1. The van der Waals surface area contributed by atoms with Gasteiger partial charge in [0.15, 0.2) is 0 Å². The summed E-state index contributed by atoms with van der Waals surface area (Å²) in [5, 5.41) is 14.3.